The summed E-state index contributed by atoms with van der Waals surface area (Å²) in [6.45, 7) is 6.52. The van der Waals surface area contributed by atoms with Gasteiger partial charge in [-0.05, 0) is 50.2 Å². The number of nitrogens with zero attached hydrogens (tertiary/aromatic N) is 1. The first-order valence-electron chi connectivity index (χ1n) is 8.43. The van der Waals surface area contributed by atoms with E-state index in [1.54, 1.807) is 24.1 Å². The summed E-state index contributed by atoms with van der Waals surface area (Å²) in [5, 5.41) is 1.85. The Bertz CT molecular complexity index is 786. The summed E-state index contributed by atoms with van der Waals surface area (Å²) in [6, 6.07) is 12.3. The number of rotatable bonds is 5. The van der Waals surface area contributed by atoms with Crippen LogP contribution in [0.1, 0.15) is 32.4 Å². The summed E-state index contributed by atoms with van der Waals surface area (Å²) >= 11 is 0. The van der Waals surface area contributed by atoms with E-state index in [2.05, 4.69) is 11.8 Å². The third-order valence-electron chi connectivity index (χ3n) is 3.90. The third-order valence-corrected chi connectivity index (χ3v) is 3.90. The van der Waals surface area contributed by atoms with E-state index in [4.69, 9.17) is 0 Å². The molecule has 3 heteroatoms. The number of hydrogen-bond donors (Lipinski definition) is 0. The molecular formula is C22H25F2N. The highest BCUT2D eigenvalue weighted by molar-refractivity contribution is 5.86. The van der Waals surface area contributed by atoms with Crippen LogP contribution >= 0.6 is 0 Å². The minimum Gasteiger partial charge on any atom is -0.291 e. The van der Waals surface area contributed by atoms with Gasteiger partial charge in [-0.1, -0.05) is 60.4 Å². The lowest BCUT2D eigenvalue weighted by atomic mass is 9.98. The van der Waals surface area contributed by atoms with Crippen molar-refractivity contribution >= 4 is 10.8 Å². The van der Waals surface area contributed by atoms with Crippen LogP contribution in [0.4, 0.5) is 8.78 Å². The number of hydrogen-bond acceptors (Lipinski definition) is 1. The molecule has 132 valence electrons. The second-order valence-corrected chi connectivity index (χ2v) is 7.21. The molecule has 2 rings (SSSR count). The van der Waals surface area contributed by atoms with Gasteiger partial charge in [-0.3, -0.25) is 4.90 Å². The predicted octanol–water partition coefficient (Wildman–Crippen LogP) is 5.68. The predicted molar refractivity (Wildman–Crippen MR) is 102 cm³/mol. The van der Waals surface area contributed by atoms with Crippen molar-refractivity contribution in [1.29, 1.82) is 0 Å². The highest BCUT2D eigenvalue weighted by atomic mass is 19.3. The van der Waals surface area contributed by atoms with Gasteiger partial charge in [-0.25, -0.2) is 8.78 Å². The maximum Gasteiger partial charge on any atom is 0.258 e. The van der Waals surface area contributed by atoms with Gasteiger partial charge >= 0.3 is 0 Å². The molecule has 1 unspecified atom stereocenters. The first-order chi connectivity index (χ1) is 11.8. The van der Waals surface area contributed by atoms with Crippen LogP contribution in [0.5, 0.6) is 0 Å². The number of allylic oxidation sites excluding steroid dienone is 1. The van der Waals surface area contributed by atoms with Gasteiger partial charge < -0.3 is 0 Å². The molecule has 0 radical (unpaired) electrons. The molecule has 0 amide bonds. The van der Waals surface area contributed by atoms with E-state index in [0.717, 1.165) is 10.8 Å². The summed E-state index contributed by atoms with van der Waals surface area (Å²) in [5.41, 5.74) is 0.592. The lowest BCUT2D eigenvalue weighted by molar-refractivity contribution is 0.0430. The summed E-state index contributed by atoms with van der Waals surface area (Å²) in [6.07, 6.45) is 1.11. The molecule has 25 heavy (non-hydrogen) atoms. The van der Waals surface area contributed by atoms with Crippen molar-refractivity contribution in [3.05, 3.63) is 60.2 Å². The highest BCUT2D eigenvalue weighted by Gasteiger charge is 2.27. The first-order valence-corrected chi connectivity index (χ1v) is 8.43. The Labute approximate surface area is 149 Å². The lowest BCUT2D eigenvalue weighted by Crippen LogP contribution is -2.30. The van der Waals surface area contributed by atoms with Crippen molar-refractivity contribution in [2.24, 2.45) is 5.41 Å². The first kappa shape index (κ1) is 19.1. The van der Waals surface area contributed by atoms with Crippen LogP contribution in [0.3, 0.4) is 0 Å². The number of fused-ring (bicyclic) bond motifs is 1. The summed E-state index contributed by atoms with van der Waals surface area (Å²) in [4.78, 5) is 1.67. The van der Waals surface area contributed by atoms with E-state index in [1.165, 1.54) is 0 Å². The minimum absolute atomic E-state index is 0.0648. The van der Waals surface area contributed by atoms with E-state index in [0.29, 0.717) is 12.1 Å². The van der Waals surface area contributed by atoms with Gasteiger partial charge in [0.05, 0.1) is 6.04 Å². The standard InChI is InChI=1S/C22H25F2N/c1-22(2,3)15-8-5-9-16-25(4)20(21(23)24)19-14-10-12-17-11-6-7-13-18(17)19/h5-7,9-14,20-21H,16H2,1-4H3/b9-5+. The molecule has 0 aliphatic rings. The minimum atomic E-state index is -2.47. The molecule has 0 bridgehead atoms. The fourth-order valence-corrected chi connectivity index (χ4v) is 2.72. The molecule has 0 N–H and O–H groups in total. The number of alkyl halides is 2. The van der Waals surface area contributed by atoms with Crippen molar-refractivity contribution in [2.75, 3.05) is 13.6 Å². The van der Waals surface area contributed by atoms with Crippen LogP contribution in [0, 0.1) is 17.3 Å². The Morgan fingerprint density at radius 1 is 1.08 bits per heavy atom. The number of halogens is 2. The molecule has 0 spiro atoms. The molecular weight excluding hydrogens is 316 g/mol. The lowest BCUT2D eigenvalue weighted by Gasteiger charge is -2.27. The Morgan fingerprint density at radius 3 is 2.44 bits per heavy atom. The largest absolute Gasteiger partial charge is 0.291 e. The van der Waals surface area contributed by atoms with Crippen LogP contribution in [0.25, 0.3) is 10.8 Å². The SMILES string of the molecule is CN(C/C=C/C#CC(C)(C)C)C(c1cccc2ccccc12)C(F)F. The summed E-state index contributed by atoms with van der Waals surface area (Å²) in [5.74, 6) is 6.07. The molecule has 0 saturated carbocycles. The maximum absolute atomic E-state index is 13.8. The van der Waals surface area contributed by atoms with Crippen molar-refractivity contribution in [2.45, 2.75) is 33.2 Å². The highest BCUT2D eigenvalue weighted by Crippen LogP contribution is 2.32. The average Bonchev–Trinajstić information content (AvgIpc) is 2.53. The molecule has 0 fully saturated rings. The monoisotopic (exact) mass is 341 g/mol. The zero-order valence-electron chi connectivity index (χ0n) is 15.3. The topological polar surface area (TPSA) is 3.24 Å². The van der Waals surface area contributed by atoms with Gasteiger partial charge in [0, 0.05) is 12.0 Å². The van der Waals surface area contributed by atoms with Crippen LogP contribution in [-0.4, -0.2) is 24.9 Å². The molecule has 0 aliphatic carbocycles. The van der Waals surface area contributed by atoms with E-state index < -0.39 is 12.5 Å². The van der Waals surface area contributed by atoms with E-state index in [1.807, 2.05) is 63.2 Å². The van der Waals surface area contributed by atoms with Crippen molar-refractivity contribution in [3.63, 3.8) is 0 Å². The van der Waals surface area contributed by atoms with Crippen molar-refractivity contribution < 1.29 is 8.78 Å². The quantitative estimate of drug-likeness (QED) is 0.632. The number of likely N-dealkylation sites (N-methyl/N-ethyl adjacent to an activating group) is 1. The molecule has 2 aromatic carbocycles. The average molecular weight is 341 g/mol. The van der Waals surface area contributed by atoms with Gasteiger partial charge in [0.15, 0.2) is 0 Å². The van der Waals surface area contributed by atoms with Gasteiger partial charge in [0.2, 0.25) is 0 Å². The smallest absolute Gasteiger partial charge is 0.258 e. The third kappa shape index (κ3) is 5.41. The van der Waals surface area contributed by atoms with Crippen LogP contribution in [0.2, 0.25) is 0 Å². The van der Waals surface area contributed by atoms with E-state index >= 15 is 0 Å². The molecule has 2 aromatic rings. The molecule has 0 aliphatic heterocycles. The molecule has 0 saturated heterocycles. The number of benzene rings is 2. The summed E-state index contributed by atoms with van der Waals surface area (Å²) in [7, 11) is 1.72. The Morgan fingerprint density at radius 2 is 1.76 bits per heavy atom. The van der Waals surface area contributed by atoms with Crippen molar-refractivity contribution in [1.82, 2.24) is 4.90 Å². The summed E-state index contributed by atoms with van der Waals surface area (Å²) < 4.78 is 27.6. The zero-order valence-corrected chi connectivity index (χ0v) is 15.3. The Kier molecular flexibility index (Phi) is 6.33. The van der Waals surface area contributed by atoms with Crippen LogP contribution in [-0.2, 0) is 0 Å². The van der Waals surface area contributed by atoms with Crippen LogP contribution in [0.15, 0.2) is 54.6 Å². The fourth-order valence-electron chi connectivity index (χ4n) is 2.72. The molecule has 1 nitrogen and oxygen atoms in total. The van der Waals surface area contributed by atoms with E-state index in [9.17, 15) is 8.78 Å². The molecule has 0 aromatic heterocycles. The zero-order chi connectivity index (χ0) is 18.4. The molecule has 1 atom stereocenters. The van der Waals surface area contributed by atoms with Gasteiger partial charge in [0.25, 0.3) is 6.43 Å². The van der Waals surface area contributed by atoms with Gasteiger partial charge in [-0.2, -0.15) is 0 Å². The normalized spacial score (nSPS) is 13.4. The molecule has 0 heterocycles. The van der Waals surface area contributed by atoms with Gasteiger partial charge in [-0.15, -0.1) is 0 Å². The Balaban J connectivity index is 2.22. The Hall–Kier alpha value is -2.18. The van der Waals surface area contributed by atoms with Gasteiger partial charge in [0.1, 0.15) is 0 Å². The second kappa shape index (κ2) is 8.27. The van der Waals surface area contributed by atoms with E-state index in [-0.39, 0.29) is 5.41 Å². The van der Waals surface area contributed by atoms with Crippen LogP contribution < -0.4 is 0 Å². The van der Waals surface area contributed by atoms with Crippen molar-refractivity contribution in [3.8, 4) is 11.8 Å². The maximum atomic E-state index is 13.8. The fraction of sp³-hybridized carbons (Fsp3) is 0.364. The second-order valence-electron chi connectivity index (χ2n) is 7.21.